The monoisotopic (exact) mass is 264 g/mol. The van der Waals surface area contributed by atoms with Crippen LogP contribution in [0.2, 0.25) is 0 Å². The molecule has 2 rings (SSSR count). The fourth-order valence-electron chi connectivity index (χ4n) is 1.60. The summed E-state index contributed by atoms with van der Waals surface area (Å²) in [6, 6.07) is 7.53. The minimum absolute atomic E-state index is 0.0974. The molecule has 0 saturated carbocycles. The van der Waals surface area contributed by atoms with Crippen LogP contribution in [-0.4, -0.2) is 12.0 Å². The molecule has 5 heteroatoms. The highest BCUT2D eigenvalue weighted by atomic mass is 19.2. The second-order valence-electron chi connectivity index (χ2n) is 4.03. The number of rotatable bonds is 5. The maximum atomic E-state index is 13.3. The highest BCUT2D eigenvalue weighted by Crippen LogP contribution is 2.20. The van der Waals surface area contributed by atoms with Crippen LogP contribution in [0.3, 0.4) is 0 Å². The summed E-state index contributed by atoms with van der Waals surface area (Å²) in [5.41, 5.74) is 1.70. The van der Waals surface area contributed by atoms with Crippen molar-refractivity contribution in [3.05, 3.63) is 59.4 Å². The summed E-state index contributed by atoms with van der Waals surface area (Å²) in [6.45, 7) is 0.826. The quantitative estimate of drug-likeness (QED) is 0.901. The predicted octanol–water partition coefficient (Wildman–Crippen LogP) is 2.66. The summed E-state index contributed by atoms with van der Waals surface area (Å²) in [6.07, 6.45) is 1.72. The Morgan fingerprint density at radius 2 is 2.05 bits per heavy atom. The Kier molecular flexibility index (Phi) is 4.41. The van der Waals surface area contributed by atoms with Crippen molar-refractivity contribution >= 4 is 0 Å². The van der Waals surface area contributed by atoms with E-state index in [1.807, 2.05) is 13.1 Å². The van der Waals surface area contributed by atoms with E-state index in [-0.39, 0.29) is 12.4 Å². The van der Waals surface area contributed by atoms with E-state index in [1.165, 1.54) is 12.1 Å². The molecule has 0 saturated heterocycles. The van der Waals surface area contributed by atoms with Gasteiger partial charge in [-0.2, -0.15) is 4.39 Å². The molecular weight excluding hydrogens is 250 g/mol. The molecule has 1 N–H and O–H groups in total. The zero-order valence-corrected chi connectivity index (χ0v) is 10.5. The fraction of sp³-hybridized carbons (Fsp3) is 0.214. The van der Waals surface area contributed by atoms with E-state index in [0.29, 0.717) is 5.69 Å². The van der Waals surface area contributed by atoms with Crippen molar-refractivity contribution in [1.82, 2.24) is 10.3 Å². The van der Waals surface area contributed by atoms with Gasteiger partial charge in [0.2, 0.25) is 5.82 Å². The first-order chi connectivity index (χ1) is 9.20. The molecule has 1 aromatic carbocycles. The lowest BCUT2D eigenvalue weighted by Crippen LogP contribution is -2.06. The summed E-state index contributed by atoms with van der Waals surface area (Å²) in [7, 11) is 1.85. The van der Waals surface area contributed by atoms with Gasteiger partial charge in [-0.05, 0) is 30.8 Å². The summed E-state index contributed by atoms with van der Waals surface area (Å²) in [4.78, 5) is 4.18. The van der Waals surface area contributed by atoms with Crippen molar-refractivity contribution in [2.24, 2.45) is 0 Å². The van der Waals surface area contributed by atoms with E-state index >= 15 is 0 Å². The molecule has 1 aromatic heterocycles. The standard InChI is InChI=1S/C14H14F2N2O/c1-17-7-10-5-6-11(18-8-10)9-19-13-4-2-3-12(15)14(13)16/h2-6,8,17H,7,9H2,1H3. The van der Waals surface area contributed by atoms with E-state index in [0.717, 1.165) is 18.2 Å². The summed E-state index contributed by atoms with van der Waals surface area (Å²) < 4.78 is 31.5. The lowest BCUT2D eigenvalue weighted by atomic mass is 10.2. The van der Waals surface area contributed by atoms with Gasteiger partial charge in [-0.15, -0.1) is 0 Å². The number of pyridine rings is 1. The summed E-state index contributed by atoms with van der Waals surface area (Å²) in [5.74, 6) is -2.01. The number of halogens is 2. The molecule has 0 aliphatic heterocycles. The van der Waals surface area contributed by atoms with Crippen LogP contribution >= 0.6 is 0 Å². The molecule has 0 radical (unpaired) electrons. The molecule has 1 heterocycles. The Hall–Kier alpha value is -2.01. The molecule has 100 valence electrons. The van der Waals surface area contributed by atoms with Gasteiger partial charge in [-0.25, -0.2) is 4.39 Å². The Morgan fingerprint density at radius 1 is 1.21 bits per heavy atom. The number of hydrogen-bond acceptors (Lipinski definition) is 3. The maximum Gasteiger partial charge on any atom is 0.200 e. The van der Waals surface area contributed by atoms with Gasteiger partial charge < -0.3 is 10.1 Å². The van der Waals surface area contributed by atoms with Crippen molar-refractivity contribution < 1.29 is 13.5 Å². The van der Waals surface area contributed by atoms with Crippen LogP contribution < -0.4 is 10.1 Å². The number of benzene rings is 1. The topological polar surface area (TPSA) is 34.1 Å². The normalized spacial score (nSPS) is 10.5. The maximum absolute atomic E-state index is 13.3. The van der Waals surface area contributed by atoms with Crippen molar-refractivity contribution in [1.29, 1.82) is 0 Å². The number of nitrogens with zero attached hydrogens (tertiary/aromatic N) is 1. The van der Waals surface area contributed by atoms with Gasteiger partial charge in [-0.1, -0.05) is 12.1 Å². The van der Waals surface area contributed by atoms with E-state index in [9.17, 15) is 8.78 Å². The second kappa shape index (κ2) is 6.24. The van der Waals surface area contributed by atoms with Gasteiger partial charge in [0.15, 0.2) is 11.6 Å². The smallest absolute Gasteiger partial charge is 0.200 e. The number of ether oxygens (including phenoxy) is 1. The molecule has 0 aliphatic carbocycles. The first-order valence-electron chi connectivity index (χ1n) is 5.86. The first kappa shape index (κ1) is 13.4. The molecule has 0 unspecified atom stereocenters. The molecular formula is C14H14F2N2O. The zero-order valence-electron chi connectivity index (χ0n) is 10.5. The van der Waals surface area contributed by atoms with E-state index < -0.39 is 11.6 Å². The molecule has 2 aromatic rings. The number of hydrogen-bond donors (Lipinski definition) is 1. The Bertz CT molecular complexity index is 544. The van der Waals surface area contributed by atoms with E-state index in [1.54, 1.807) is 12.3 Å². The number of nitrogens with one attached hydrogen (secondary N) is 1. The fourth-order valence-corrected chi connectivity index (χ4v) is 1.60. The van der Waals surface area contributed by atoms with Crippen LogP contribution in [0.1, 0.15) is 11.3 Å². The molecule has 19 heavy (non-hydrogen) atoms. The van der Waals surface area contributed by atoms with Gasteiger partial charge in [0.05, 0.1) is 5.69 Å². The molecule has 0 bridgehead atoms. The van der Waals surface area contributed by atoms with Crippen molar-refractivity contribution in [3.63, 3.8) is 0 Å². The van der Waals surface area contributed by atoms with Crippen molar-refractivity contribution in [3.8, 4) is 5.75 Å². The minimum Gasteiger partial charge on any atom is -0.484 e. The van der Waals surface area contributed by atoms with Crippen LogP contribution in [-0.2, 0) is 13.2 Å². The number of aromatic nitrogens is 1. The Morgan fingerprint density at radius 3 is 2.74 bits per heavy atom. The SMILES string of the molecule is CNCc1ccc(COc2cccc(F)c2F)nc1. The lowest BCUT2D eigenvalue weighted by molar-refractivity contribution is 0.280. The van der Waals surface area contributed by atoms with E-state index in [4.69, 9.17) is 4.74 Å². The zero-order chi connectivity index (χ0) is 13.7. The molecule has 0 spiro atoms. The van der Waals surface area contributed by atoms with Gasteiger partial charge >= 0.3 is 0 Å². The lowest BCUT2D eigenvalue weighted by Gasteiger charge is -2.07. The molecule has 0 fully saturated rings. The van der Waals surface area contributed by atoms with Crippen LogP contribution in [0.5, 0.6) is 5.75 Å². The third-order valence-corrected chi connectivity index (χ3v) is 2.56. The third-order valence-electron chi connectivity index (χ3n) is 2.56. The Labute approximate surface area is 110 Å². The predicted molar refractivity (Wildman–Crippen MR) is 67.7 cm³/mol. The Balaban J connectivity index is 2.00. The second-order valence-corrected chi connectivity index (χ2v) is 4.03. The average Bonchev–Trinajstić information content (AvgIpc) is 2.42. The van der Waals surface area contributed by atoms with Gasteiger partial charge in [0.1, 0.15) is 6.61 Å². The third kappa shape index (κ3) is 3.48. The van der Waals surface area contributed by atoms with Crippen molar-refractivity contribution in [2.45, 2.75) is 13.2 Å². The van der Waals surface area contributed by atoms with E-state index in [2.05, 4.69) is 10.3 Å². The van der Waals surface area contributed by atoms with Gasteiger partial charge in [-0.3, -0.25) is 4.98 Å². The van der Waals surface area contributed by atoms with Crippen LogP contribution in [0.4, 0.5) is 8.78 Å². The largest absolute Gasteiger partial charge is 0.484 e. The van der Waals surface area contributed by atoms with Crippen LogP contribution in [0.25, 0.3) is 0 Å². The minimum atomic E-state index is -0.977. The first-order valence-corrected chi connectivity index (χ1v) is 5.86. The molecule has 3 nitrogen and oxygen atoms in total. The van der Waals surface area contributed by atoms with Gasteiger partial charge in [0, 0.05) is 12.7 Å². The highest BCUT2D eigenvalue weighted by molar-refractivity contribution is 5.25. The molecule has 0 atom stereocenters. The average molecular weight is 264 g/mol. The summed E-state index contributed by atoms with van der Waals surface area (Å²) >= 11 is 0. The van der Waals surface area contributed by atoms with Crippen LogP contribution in [0, 0.1) is 11.6 Å². The van der Waals surface area contributed by atoms with Crippen molar-refractivity contribution in [2.75, 3.05) is 7.05 Å². The highest BCUT2D eigenvalue weighted by Gasteiger charge is 2.08. The van der Waals surface area contributed by atoms with Gasteiger partial charge in [0.25, 0.3) is 0 Å². The molecule has 0 aliphatic rings. The summed E-state index contributed by atoms with van der Waals surface area (Å²) in [5, 5.41) is 3.01. The van der Waals surface area contributed by atoms with Crippen LogP contribution in [0.15, 0.2) is 36.5 Å². The molecule has 0 amide bonds.